The van der Waals surface area contributed by atoms with Crippen LogP contribution in [-0.2, 0) is 0 Å². The third-order valence-corrected chi connectivity index (χ3v) is 3.49. The summed E-state index contributed by atoms with van der Waals surface area (Å²) in [5.41, 5.74) is 2.17. The topological polar surface area (TPSA) is 45.4 Å². The van der Waals surface area contributed by atoms with Crippen molar-refractivity contribution < 1.29 is 9.52 Å². The first-order valence-electron chi connectivity index (χ1n) is 6.61. The maximum absolute atomic E-state index is 9.51. The lowest BCUT2D eigenvalue weighted by atomic mass is 9.89. The van der Waals surface area contributed by atoms with E-state index in [2.05, 4.69) is 31.3 Å². The molecule has 2 N–H and O–H groups in total. The van der Waals surface area contributed by atoms with Gasteiger partial charge in [0.1, 0.15) is 5.58 Å². The van der Waals surface area contributed by atoms with Crippen molar-refractivity contribution in [2.75, 3.05) is 13.2 Å². The first-order valence-corrected chi connectivity index (χ1v) is 6.61. The summed E-state index contributed by atoms with van der Waals surface area (Å²) >= 11 is 0. The zero-order valence-electron chi connectivity index (χ0n) is 11.0. The molecule has 2 unspecified atom stereocenters. The van der Waals surface area contributed by atoms with Crippen molar-refractivity contribution in [3.63, 3.8) is 0 Å². The van der Waals surface area contributed by atoms with Crippen molar-refractivity contribution in [2.45, 2.75) is 32.2 Å². The highest BCUT2D eigenvalue weighted by molar-refractivity contribution is 5.77. The zero-order valence-corrected chi connectivity index (χ0v) is 11.0. The van der Waals surface area contributed by atoms with E-state index in [1.807, 2.05) is 12.1 Å². The summed E-state index contributed by atoms with van der Waals surface area (Å²) in [6.07, 6.45) is 2.71. The lowest BCUT2D eigenvalue weighted by Gasteiger charge is -2.25. The molecule has 0 spiro atoms. The number of aliphatic hydroxyl groups is 1. The van der Waals surface area contributed by atoms with E-state index in [1.165, 1.54) is 5.56 Å². The van der Waals surface area contributed by atoms with E-state index in [-0.39, 0.29) is 12.6 Å². The fraction of sp³-hybridized carbons (Fsp3) is 0.467. The van der Waals surface area contributed by atoms with Crippen LogP contribution in [0.5, 0.6) is 0 Å². The molecule has 2 rings (SSSR count). The monoisotopic (exact) mass is 247 g/mol. The smallest absolute Gasteiger partial charge is 0.133 e. The lowest BCUT2D eigenvalue weighted by molar-refractivity contribution is 0.222. The van der Waals surface area contributed by atoms with Gasteiger partial charge in [-0.3, -0.25) is 0 Å². The molecule has 98 valence electrons. The number of furan rings is 1. The largest absolute Gasteiger partial charge is 0.464 e. The van der Waals surface area contributed by atoms with Crippen LogP contribution in [0.25, 0.3) is 11.0 Å². The Morgan fingerprint density at radius 2 is 2.11 bits per heavy atom. The van der Waals surface area contributed by atoms with Crippen LogP contribution >= 0.6 is 0 Å². The van der Waals surface area contributed by atoms with E-state index in [0.717, 1.165) is 23.9 Å². The van der Waals surface area contributed by atoms with Crippen LogP contribution in [0.1, 0.15) is 31.7 Å². The normalized spacial score (nSPS) is 14.8. The van der Waals surface area contributed by atoms with Gasteiger partial charge in [0.05, 0.1) is 12.9 Å². The van der Waals surface area contributed by atoms with Gasteiger partial charge in [-0.2, -0.15) is 0 Å². The number of hydrogen-bond acceptors (Lipinski definition) is 3. The molecule has 3 nitrogen and oxygen atoms in total. The molecule has 0 saturated carbocycles. The van der Waals surface area contributed by atoms with Crippen molar-refractivity contribution in [2.24, 2.45) is 0 Å². The second-order valence-corrected chi connectivity index (χ2v) is 4.58. The summed E-state index contributed by atoms with van der Waals surface area (Å²) in [4.78, 5) is 0. The van der Waals surface area contributed by atoms with Crippen LogP contribution in [0.3, 0.4) is 0 Å². The molecular formula is C15H21NO2. The van der Waals surface area contributed by atoms with Gasteiger partial charge in [-0.05, 0) is 36.7 Å². The van der Waals surface area contributed by atoms with Crippen LogP contribution in [0.15, 0.2) is 34.9 Å². The Kier molecular flexibility index (Phi) is 4.39. The van der Waals surface area contributed by atoms with Crippen molar-refractivity contribution >= 4 is 11.0 Å². The first kappa shape index (κ1) is 13.1. The minimum absolute atomic E-state index is 0.115. The molecule has 0 radical (unpaired) electrons. The SMILES string of the molecule is CCNC(CO)C(CC)c1ccc2occc2c1. The summed E-state index contributed by atoms with van der Waals surface area (Å²) in [6, 6.07) is 8.36. The molecule has 3 heteroatoms. The molecular weight excluding hydrogens is 226 g/mol. The Balaban J connectivity index is 2.29. The minimum atomic E-state index is 0.115. The predicted octanol–water partition coefficient (Wildman–Crippen LogP) is 2.90. The highest BCUT2D eigenvalue weighted by atomic mass is 16.3. The quantitative estimate of drug-likeness (QED) is 0.825. The second-order valence-electron chi connectivity index (χ2n) is 4.58. The van der Waals surface area contributed by atoms with E-state index in [0.29, 0.717) is 5.92 Å². The van der Waals surface area contributed by atoms with E-state index < -0.39 is 0 Å². The Morgan fingerprint density at radius 1 is 1.28 bits per heavy atom. The minimum Gasteiger partial charge on any atom is -0.464 e. The third-order valence-electron chi connectivity index (χ3n) is 3.49. The maximum Gasteiger partial charge on any atom is 0.133 e. The Hall–Kier alpha value is -1.32. The molecule has 0 bridgehead atoms. The Bertz CT molecular complexity index is 492. The summed E-state index contributed by atoms with van der Waals surface area (Å²) in [6.45, 7) is 5.25. The van der Waals surface area contributed by atoms with Crippen LogP contribution < -0.4 is 5.32 Å². The molecule has 0 fully saturated rings. The molecule has 0 saturated heterocycles. The van der Waals surface area contributed by atoms with Gasteiger partial charge in [-0.25, -0.2) is 0 Å². The molecule has 0 aliphatic carbocycles. The van der Waals surface area contributed by atoms with Gasteiger partial charge in [0.2, 0.25) is 0 Å². The number of hydrogen-bond donors (Lipinski definition) is 2. The van der Waals surface area contributed by atoms with Gasteiger partial charge in [0, 0.05) is 17.3 Å². The number of aliphatic hydroxyl groups excluding tert-OH is 1. The number of likely N-dealkylation sites (N-methyl/N-ethyl adjacent to an activating group) is 1. The van der Waals surface area contributed by atoms with E-state index >= 15 is 0 Å². The standard InChI is InChI=1S/C15H21NO2/c1-3-13(14(10-17)16-4-2)11-5-6-15-12(9-11)7-8-18-15/h5-9,13-14,16-17H,3-4,10H2,1-2H3. The van der Waals surface area contributed by atoms with E-state index in [9.17, 15) is 5.11 Å². The molecule has 1 aromatic heterocycles. The molecule has 1 aromatic carbocycles. The van der Waals surface area contributed by atoms with Crippen molar-refractivity contribution in [3.8, 4) is 0 Å². The molecule has 2 aromatic rings. The second kappa shape index (κ2) is 6.03. The van der Waals surface area contributed by atoms with Gasteiger partial charge >= 0.3 is 0 Å². The average molecular weight is 247 g/mol. The van der Waals surface area contributed by atoms with E-state index in [1.54, 1.807) is 6.26 Å². The van der Waals surface area contributed by atoms with Gasteiger partial charge in [0.25, 0.3) is 0 Å². The van der Waals surface area contributed by atoms with Crippen molar-refractivity contribution in [1.82, 2.24) is 5.32 Å². The molecule has 0 aliphatic rings. The molecule has 0 amide bonds. The highest BCUT2D eigenvalue weighted by Crippen LogP contribution is 2.27. The summed E-state index contributed by atoms with van der Waals surface area (Å²) < 4.78 is 5.36. The Labute approximate surface area is 108 Å². The van der Waals surface area contributed by atoms with Crippen molar-refractivity contribution in [1.29, 1.82) is 0 Å². The van der Waals surface area contributed by atoms with Gasteiger partial charge in [-0.1, -0.05) is 19.9 Å². The molecule has 1 heterocycles. The first-order chi connectivity index (χ1) is 8.80. The number of fused-ring (bicyclic) bond motifs is 1. The van der Waals surface area contributed by atoms with E-state index in [4.69, 9.17) is 4.42 Å². The summed E-state index contributed by atoms with van der Waals surface area (Å²) in [5, 5.41) is 14.0. The van der Waals surface area contributed by atoms with Gasteiger partial charge in [-0.15, -0.1) is 0 Å². The Morgan fingerprint density at radius 3 is 2.78 bits per heavy atom. The fourth-order valence-electron chi connectivity index (χ4n) is 2.56. The third kappa shape index (κ3) is 2.57. The molecule has 18 heavy (non-hydrogen) atoms. The molecule has 2 atom stereocenters. The number of nitrogens with one attached hydrogen (secondary N) is 1. The maximum atomic E-state index is 9.51. The van der Waals surface area contributed by atoms with Gasteiger partial charge in [0.15, 0.2) is 0 Å². The number of rotatable bonds is 6. The average Bonchev–Trinajstić information content (AvgIpc) is 2.86. The summed E-state index contributed by atoms with van der Waals surface area (Å²) in [5.74, 6) is 0.328. The zero-order chi connectivity index (χ0) is 13.0. The molecule has 0 aliphatic heterocycles. The van der Waals surface area contributed by atoms with Crippen LogP contribution in [0, 0.1) is 0 Å². The van der Waals surface area contributed by atoms with Crippen LogP contribution in [0.2, 0.25) is 0 Å². The summed E-state index contributed by atoms with van der Waals surface area (Å²) in [7, 11) is 0. The van der Waals surface area contributed by atoms with Gasteiger partial charge < -0.3 is 14.8 Å². The number of benzene rings is 1. The highest BCUT2D eigenvalue weighted by Gasteiger charge is 2.20. The predicted molar refractivity (Wildman–Crippen MR) is 73.8 cm³/mol. The van der Waals surface area contributed by atoms with Crippen LogP contribution in [0.4, 0.5) is 0 Å². The lowest BCUT2D eigenvalue weighted by Crippen LogP contribution is -2.37. The fourth-order valence-corrected chi connectivity index (χ4v) is 2.56. The van der Waals surface area contributed by atoms with Crippen molar-refractivity contribution in [3.05, 3.63) is 36.1 Å². The van der Waals surface area contributed by atoms with Crippen LogP contribution in [-0.4, -0.2) is 24.3 Å².